The van der Waals surface area contributed by atoms with Gasteiger partial charge >= 0.3 is 0 Å². The van der Waals surface area contributed by atoms with Crippen molar-refractivity contribution in [2.45, 2.75) is 20.3 Å². The lowest BCUT2D eigenvalue weighted by molar-refractivity contribution is -0.116. The van der Waals surface area contributed by atoms with Crippen LogP contribution in [-0.2, 0) is 21.1 Å². The molecule has 4 nitrogen and oxygen atoms in total. The Morgan fingerprint density at radius 3 is 2.75 bits per heavy atom. The normalized spacial score (nSPS) is 14.7. The number of carbonyl (C=O) groups is 1. The van der Waals surface area contributed by atoms with Gasteiger partial charge in [-0.1, -0.05) is 19.9 Å². The molecule has 0 aromatic heterocycles. The fraction of sp³-hybridized carbons (Fsp3) is 0.500. The highest BCUT2D eigenvalue weighted by molar-refractivity contribution is 7.92. The van der Waals surface area contributed by atoms with Crippen molar-refractivity contribution in [2.24, 2.45) is 5.92 Å². The smallest absolute Gasteiger partial charge is 0.242 e. The van der Waals surface area contributed by atoms with Crippen molar-refractivity contribution in [3.05, 3.63) is 29.6 Å². The Labute approximate surface area is 118 Å². The van der Waals surface area contributed by atoms with E-state index in [-0.39, 0.29) is 17.5 Å². The van der Waals surface area contributed by atoms with Crippen molar-refractivity contribution in [1.29, 1.82) is 0 Å². The number of halogens is 1. The fourth-order valence-electron chi connectivity index (χ4n) is 2.48. The number of rotatable bonds is 4. The molecule has 0 saturated heterocycles. The summed E-state index contributed by atoms with van der Waals surface area (Å²) < 4.78 is 37.3. The van der Waals surface area contributed by atoms with Crippen molar-refractivity contribution in [2.75, 3.05) is 23.0 Å². The van der Waals surface area contributed by atoms with Gasteiger partial charge in [0.05, 0.1) is 5.75 Å². The van der Waals surface area contributed by atoms with E-state index in [9.17, 15) is 17.6 Å². The maximum absolute atomic E-state index is 13.6. The molecule has 0 fully saturated rings. The molecule has 0 aliphatic carbocycles. The maximum atomic E-state index is 13.6. The van der Waals surface area contributed by atoms with E-state index in [1.54, 1.807) is 19.9 Å². The summed E-state index contributed by atoms with van der Waals surface area (Å²) in [5.74, 6) is -1.36. The van der Waals surface area contributed by atoms with Crippen LogP contribution in [0.2, 0.25) is 0 Å². The number of anilines is 1. The molecule has 20 heavy (non-hydrogen) atoms. The zero-order valence-corrected chi connectivity index (χ0v) is 12.4. The van der Waals surface area contributed by atoms with Crippen LogP contribution in [0.5, 0.6) is 0 Å². The number of hydrogen-bond acceptors (Lipinski definition) is 3. The number of nitrogens with zero attached hydrogens (tertiary/aromatic N) is 1. The van der Waals surface area contributed by atoms with Gasteiger partial charge in [0.15, 0.2) is 9.84 Å². The van der Waals surface area contributed by atoms with E-state index in [1.807, 2.05) is 0 Å². The average Bonchev–Trinajstić information content (AvgIpc) is 2.71. The van der Waals surface area contributed by atoms with Gasteiger partial charge in [-0.15, -0.1) is 0 Å². The first-order valence-corrected chi connectivity index (χ1v) is 8.40. The number of fused-ring (bicyclic) bond motifs is 1. The standard InChI is InChI=1S/C14H18FNO3S/c1-10(2)8-20(18,19)9-14(17)16-7-6-11-12(15)4-3-5-13(11)16/h3-5,10H,6-9H2,1-2H3. The van der Waals surface area contributed by atoms with Gasteiger partial charge in [0.1, 0.15) is 11.6 Å². The SMILES string of the molecule is CC(C)CS(=O)(=O)CC(=O)N1CCc2c(F)cccc21. The van der Waals surface area contributed by atoms with Crippen molar-refractivity contribution in [3.8, 4) is 0 Å². The summed E-state index contributed by atoms with van der Waals surface area (Å²) in [6.45, 7) is 3.93. The van der Waals surface area contributed by atoms with Gasteiger partial charge in [-0.25, -0.2) is 12.8 Å². The number of carbonyl (C=O) groups excluding carboxylic acids is 1. The van der Waals surface area contributed by atoms with E-state index in [2.05, 4.69) is 0 Å². The van der Waals surface area contributed by atoms with E-state index in [1.165, 1.54) is 17.0 Å². The number of sulfone groups is 1. The van der Waals surface area contributed by atoms with Crippen LogP contribution in [0.1, 0.15) is 19.4 Å². The van der Waals surface area contributed by atoms with Crippen molar-refractivity contribution >= 4 is 21.4 Å². The lowest BCUT2D eigenvalue weighted by atomic mass is 10.1. The summed E-state index contributed by atoms with van der Waals surface area (Å²) in [6.07, 6.45) is 0.429. The Hall–Kier alpha value is -1.43. The molecule has 1 aliphatic heterocycles. The van der Waals surface area contributed by atoms with Gasteiger partial charge in [-0.05, 0) is 24.5 Å². The second-order valence-electron chi connectivity index (χ2n) is 5.48. The molecular formula is C14H18FNO3S. The zero-order valence-electron chi connectivity index (χ0n) is 11.6. The van der Waals surface area contributed by atoms with Gasteiger partial charge in [-0.3, -0.25) is 4.79 Å². The maximum Gasteiger partial charge on any atom is 0.242 e. The molecule has 0 spiro atoms. The summed E-state index contributed by atoms with van der Waals surface area (Å²) in [7, 11) is -3.42. The molecule has 1 heterocycles. The van der Waals surface area contributed by atoms with Crippen LogP contribution in [0.15, 0.2) is 18.2 Å². The molecule has 0 atom stereocenters. The number of hydrogen-bond donors (Lipinski definition) is 0. The highest BCUT2D eigenvalue weighted by Crippen LogP contribution is 2.30. The summed E-state index contributed by atoms with van der Waals surface area (Å²) in [5, 5.41) is 0. The van der Waals surface area contributed by atoms with Crippen molar-refractivity contribution in [1.82, 2.24) is 0 Å². The van der Waals surface area contributed by atoms with Gasteiger partial charge in [0, 0.05) is 17.8 Å². The molecule has 110 valence electrons. The first kappa shape index (κ1) is 15.0. The highest BCUT2D eigenvalue weighted by Gasteiger charge is 2.29. The largest absolute Gasteiger partial charge is 0.311 e. The predicted octanol–water partition coefficient (Wildman–Crippen LogP) is 1.79. The topological polar surface area (TPSA) is 54.5 Å². The third-order valence-electron chi connectivity index (χ3n) is 3.20. The van der Waals surface area contributed by atoms with Gasteiger partial charge < -0.3 is 4.90 Å². The molecule has 0 saturated carbocycles. The highest BCUT2D eigenvalue weighted by atomic mass is 32.2. The molecular weight excluding hydrogens is 281 g/mol. The Bertz CT molecular complexity index is 625. The molecule has 0 radical (unpaired) electrons. The van der Waals surface area contributed by atoms with Crippen LogP contribution in [0, 0.1) is 11.7 Å². The number of benzene rings is 1. The Morgan fingerprint density at radius 2 is 2.10 bits per heavy atom. The first-order valence-electron chi connectivity index (χ1n) is 6.58. The quantitative estimate of drug-likeness (QED) is 0.851. The summed E-state index contributed by atoms with van der Waals surface area (Å²) in [4.78, 5) is 13.5. The van der Waals surface area contributed by atoms with Crippen LogP contribution < -0.4 is 4.90 Å². The lowest BCUT2D eigenvalue weighted by Gasteiger charge is -2.17. The summed E-state index contributed by atoms with van der Waals surface area (Å²) >= 11 is 0. The molecule has 1 aliphatic rings. The molecule has 2 rings (SSSR count). The van der Waals surface area contributed by atoms with E-state index < -0.39 is 21.5 Å². The van der Waals surface area contributed by atoms with Gasteiger partial charge in [0.25, 0.3) is 0 Å². The Balaban J connectivity index is 2.16. The van der Waals surface area contributed by atoms with Crippen molar-refractivity contribution in [3.63, 3.8) is 0 Å². The van der Waals surface area contributed by atoms with Crippen LogP contribution in [0.25, 0.3) is 0 Å². The molecule has 6 heteroatoms. The van der Waals surface area contributed by atoms with E-state index in [0.29, 0.717) is 24.2 Å². The van der Waals surface area contributed by atoms with E-state index in [0.717, 1.165) is 0 Å². The first-order chi connectivity index (χ1) is 9.30. The molecule has 0 unspecified atom stereocenters. The second kappa shape index (κ2) is 5.52. The molecule has 0 N–H and O–H groups in total. The molecule has 1 aromatic rings. The van der Waals surface area contributed by atoms with Crippen LogP contribution >= 0.6 is 0 Å². The van der Waals surface area contributed by atoms with Gasteiger partial charge in [-0.2, -0.15) is 0 Å². The second-order valence-corrected chi connectivity index (χ2v) is 7.59. The van der Waals surface area contributed by atoms with Crippen LogP contribution in [0.4, 0.5) is 10.1 Å². The lowest BCUT2D eigenvalue weighted by Crippen LogP contribution is -2.35. The monoisotopic (exact) mass is 299 g/mol. The molecule has 1 aromatic carbocycles. The molecule has 0 bridgehead atoms. The minimum absolute atomic E-state index is 0.0113. The minimum atomic E-state index is -3.42. The third-order valence-corrected chi connectivity index (χ3v) is 5.06. The van der Waals surface area contributed by atoms with E-state index in [4.69, 9.17) is 0 Å². The Kier molecular flexibility index (Phi) is 4.13. The van der Waals surface area contributed by atoms with Gasteiger partial charge in [0.2, 0.25) is 5.91 Å². The predicted molar refractivity (Wildman–Crippen MR) is 75.9 cm³/mol. The number of amides is 1. The average molecular weight is 299 g/mol. The minimum Gasteiger partial charge on any atom is -0.311 e. The molecule has 1 amide bonds. The zero-order chi connectivity index (χ0) is 14.9. The van der Waals surface area contributed by atoms with E-state index >= 15 is 0 Å². The van der Waals surface area contributed by atoms with Crippen molar-refractivity contribution < 1.29 is 17.6 Å². The third kappa shape index (κ3) is 3.17. The van der Waals surface area contributed by atoms with Crippen LogP contribution in [0.3, 0.4) is 0 Å². The fourth-order valence-corrected chi connectivity index (χ4v) is 4.15. The summed E-state index contributed by atoms with van der Waals surface area (Å²) in [5.41, 5.74) is 0.983. The summed E-state index contributed by atoms with van der Waals surface area (Å²) in [6, 6.07) is 4.53. The Morgan fingerprint density at radius 1 is 1.40 bits per heavy atom. The van der Waals surface area contributed by atoms with Crippen LogP contribution in [-0.4, -0.2) is 32.4 Å².